The van der Waals surface area contributed by atoms with E-state index in [1.54, 1.807) is 12.1 Å². The van der Waals surface area contributed by atoms with Gasteiger partial charge in [-0.15, -0.1) is 0 Å². The maximum atomic E-state index is 13.0. The van der Waals surface area contributed by atoms with Crippen molar-refractivity contribution in [3.63, 3.8) is 0 Å². The lowest BCUT2D eigenvalue weighted by Gasteiger charge is -2.22. The number of nitrogens with zero attached hydrogens (tertiary/aromatic N) is 1. The van der Waals surface area contributed by atoms with Crippen LogP contribution in [0.3, 0.4) is 0 Å². The highest BCUT2D eigenvalue weighted by Gasteiger charge is 2.32. The standard InChI is InChI=1S/C22H22F3NO/c23-22(24,25)20-8-4-3-7-17(20)11-14-21(27)18-9-12-19(13-10-18)26-15-5-1-2-6-16-26/h3-4,7-14H,1-2,5-6,15-16H2. The summed E-state index contributed by atoms with van der Waals surface area (Å²) in [6, 6.07) is 12.5. The molecule has 1 saturated heterocycles. The maximum absolute atomic E-state index is 13.0. The number of carbonyl (C=O) groups excluding carboxylic acids is 1. The summed E-state index contributed by atoms with van der Waals surface area (Å²) in [5.41, 5.74) is 0.791. The SMILES string of the molecule is O=C(C=Cc1ccccc1C(F)(F)F)c1ccc(N2CCCCCC2)cc1. The number of allylic oxidation sites excluding steroid dienone is 1. The van der Waals surface area contributed by atoms with Gasteiger partial charge in [-0.2, -0.15) is 13.2 Å². The summed E-state index contributed by atoms with van der Waals surface area (Å²) in [7, 11) is 0. The van der Waals surface area contributed by atoms with Gasteiger partial charge in [0.05, 0.1) is 5.56 Å². The van der Waals surface area contributed by atoms with E-state index in [0.717, 1.165) is 24.8 Å². The van der Waals surface area contributed by atoms with Gasteiger partial charge in [0.15, 0.2) is 5.78 Å². The van der Waals surface area contributed by atoms with E-state index >= 15 is 0 Å². The maximum Gasteiger partial charge on any atom is 0.416 e. The number of hydrogen-bond donors (Lipinski definition) is 0. The van der Waals surface area contributed by atoms with Crippen molar-refractivity contribution in [3.8, 4) is 0 Å². The minimum Gasteiger partial charge on any atom is -0.372 e. The smallest absolute Gasteiger partial charge is 0.372 e. The van der Waals surface area contributed by atoms with Crippen LogP contribution in [0.15, 0.2) is 54.6 Å². The molecule has 0 atom stereocenters. The molecule has 3 rings (SSSR count). The third-order valence-corrected chi connectivity index (χ3v) is 4.80. The van der Waals surface area contributed by atoms with Crippen LogP contribution in [0.25, 0.3) is 6.08 Å². The molecule has 0 amide bonds. The summed E-state index contributed by atoms with van der Waals surface area (Å²) in [6.45, 7) is 2.03. The molecular weight excluding hydrogens is 351 g/mol. The summed E-state index contributed by atoms with van der Waals surface area (Å²) in [5, 5.41) is 0. The number of ketones is 1. The second-order valence-electron chi connectivity index (χ2n) is 6.73. The second kappa shape index (κ2) is 8.42. The Hall–Kier alpha value is -2.56. The van der Waals surface area contributed by atoms with Crippen molar-refractivity contribution < 1.29 is 18.0 Å². The molecule has 1 heterocycles. The molecule has 0 aliphatic carbocycles. The lowest BCUT2D eigenvalue weighted by atomic mass is 10.0. The van der Waals surface area contributed by atoms with Gasteiger partial charge in [0.25, 0.3) is 0 Å². The number of carbonyl (C=O) groups is 1. The third kappa shape index (κ3) is 5.00. The number of rotatable bonds is 4. The van der Waals surface area contributed by atoms with Crippen molar-refractivity contribution in [1.29, 1.82) is 0 Å². The lowest BCUT2D eigenvalue weighted by Crippen LogP contribution is -2.23. The first-order valence-corrected chi connectivity index (χ1v) is 9.19. The van der Waals surface area contributed by atoms with Gasteiger partial charge in [-0.05, 0) is 54.8 Å². The molecule has 0 radical (unpaired) electrons. The summed E-state index contributed by atoms with van der Waals surface area (Å²) >= 11 is 0. The molecule has 1 fully saturated rings. The number of hydrogen-bond acceptors (Lipinski definition) is 2. The van der Waals surface area contributed by atoms with Crippen LogP contribution in [0.4, 0.5) is 18.9 Å². The van der Waals surface area contributed by atoms with E-state index in [1.165, 1.54) is 56.0 Å². The highest BCUT2D eigenvalue weighted by molar-refractivity contribution is 6.07. The Labute approximate surface area is 157 Å². The fraction of sp³-hybridized carbons (Fsp3) is 0.318. The van der Waals surface area contributed by atoms with Crippen molar-refractivity contribution >= 4 is 17.5 Å². The first-order valence-electron chi connectivity index (χ1n) is 9.19. The van der Waals surface area contributed by atoms with Gasteiger partial charge in [0, 0.05) is 24.3 Å². The van der Waals surface area contributed by atoms with Crippen molar-refractivity contribution in [1.82, 2.24) is 0 Å². The zero-order valence-corrected chi connectivity index (χ0v) is 15.0. The van der Waals surface area contributed by atoms with E-state index in [2.05, 4.69) is 4.90 Å². The first-order chi connectivity index (χ1) is 12.9. The van der Waals surface area contributed by atoms with E-state index in [-0.39, 0.29) is 11.3 Å². The van der Waals surface area contributed by atoms with Crippen LogP contribution in [-0.4, -0.2) is 18.9 Å². The monoisotopic (exact) mass is 373 g/mol. The molecular formula is C22H22F3NO. The molecule has 2 nitrogen and oxygen atoms in total. The van der Waals surface area contributed by atoms with E-state index in [9.17, 15) is 18.0 Å². The quantitative estimate of drug-likeness (QED) is 0.485. The number of benzene rings is 2. The topological polar surface area (TPSA) is 20.3 Å². The van der Waals surface area contributed by atoms with Gasteiger partial charge in [-0.25, -0.2) is 0 Å². The highest BCUT2D eigenvalue weighted by Crippen LogP contribution is 2.32. The molecule has 0 N–H and O–H groups in total. The average Bonchev–Trinajstić information content (AvgIpc) is 2.95. The minimum atomic E-state index is -4.45. The van der Waals surface area contributed by atoms with E-state index in [4.69, 9.17) is 0 Å². The lowest BCUT2D eigenvalue weighted by molar-refractivity contribution is -0.137. The van der Waals surface area contributed by atoms with Crippen molar-refractivity contribution in [2.45, 2.75) is 31.9 Å². The van der Waals surface area contributed by atoms with E-state index < -0.39 is 11.7 Å². The molecule has 0 aromatic heterocycles. The van der Waals surface area contributed by atoms with Gasteiger partial charge < -0.3 is 4.90 Å². The van der Waals surface area contributed by atoms with Gasteiger partial charge in [-0.3, -0.25) is 4.79 Å². The van der Waals surface area contributed by atoms with Crippen molar-refractivity contribution in [2.75, 3.05) is 18.0 Å². The molecule has 5 heteroatoms. The number of alkyl halides is 3. The highest BCUT2D eigenvalue weighted by atomic mass is 19.4. The molecule has 0 saturated carbocycles. The van der Waals surface area contributed by atoms with Crippen LogP contribution in [-0.2, 0) is 6.18 Å². The first kappa shape index (κ1) is 19.2. The van der Waals surface area contributed by atoms with Crippen molar-refractivity contribution in [2.24, 2.45) is 0 Å². The summed E-state index contributed by atoms with van der Waals surface area (Å²) < 4.78 is 39.1. The molecule has 2 aromatic carbocycles. The fourth-order valence-corrected chi connectivity index (χ4v) is 3.33. The predicted molar refractivity (Wildman–Crippen MR) is 102 cm³/mol. The Morgan fingerprint density at radius 2 is 1.52 bits per heavy atom. The number of anilines is 1. The zero-order chi connectivity index (χ0) is 19.3. The Kier molecular flexibility index (Phi) is 5.99. The molecule has 0 spiro atoms. The second-order valence-corrected chi connectivity index (χ2v) is 6.73. The minimum absolute atomic E-state index is 0.0143. The summed E-state index contributed by atoms with van der Waals surface area (Å²) in [6.07, 6.45) is 2.82. The molecule has 1 aliphatic heterocycles. The summed E-state index contributed by atoms with van der Waals surface area (Å²) in [4.78, 5) is 14.7. The van der Waals surface area contributed by atoms with E-state index in [0.29, 0.717) is 5.56 Å². The average molecular weight is 373 g/mol. The van der Waals surface area contributed by atoms with Crippen LogP contribution in [0.1, 0.15) is 47.2 Å². The largest absolute Gasteiger partial charge is 0.416 e. The van der Waals surface area contributed by atoms with Crippen LogP contribution in [0, 0.1) is 0 Å². The molecule has 0 bridgehead atoms. The van der Waals surface area contributed by atoms with Gasteiger partial charge >= 0.3 is 6.18 Å². The molecule has 1 aliphatic rings. The van der Waals surface area contributed by atoms with Gasteiger partial charge in [0.1, 0.15) is 0 Å². The summed E-state index contributed by atoms with van der Waals surface area (Å²) in [5.74, 6) is -0.311. The Morgan fingerprint density at radius 1 is 0.889 bits per heavy atom. The molecule has 27 heavy (non-hydrogen) atoms. The fourth-order valence-electron chi connectivity index (χ4n) is 3.33. The van der Waals surface area contributed by atoms with E-state index in [1.807, 2.05) is 12.1 Å². The van der Waals surface area contributed by atoms with Crippen molar-refractivity contribution in [3.05, 3.63) is 71.3 Å². The third-order valence-electron chi connectivity index (χ3n) is 4.80. The van der Waals surface area contributed by atoms with Gasteiger partial charge in [-0.1, -0.05) is 37.1 Å². The number of halogens is 3. The predicted octanol–water partition coefficient (Wildman–Crippen LogP) is 5.98. The molecule has 2 aromatic rings. The van der Waals surface area contributed by atoms with Crippen LogP contribution >= 0.6 is 0 Å². The van der Waals surface area contributed by atoms with Gasteiger partial charge in [0.2, 0.25) is 0 Å². The zero-order valence-electron chi connectivity index (χ0n) is 15.0. The molecule has 0 unspecified atom stereocenters. The van der Waals surface area contributed by atoms with Crippen LogP contribution in [0.2, 0.25) is 0 Å². The Morgan fingerprint density at radius 3 is 2.15 bits per heavy atom. The van der Waals surface area contributed by atoms with Crippen LogP contribution in [0.5, 0.6) is 0 Å². The Balaban J connectivity index is 1.72. The Bertz CT molecular complexity index is 801. The molecule has 142 valence electrons. The normalized spacial score (nSPS) is 15.7. The van der Waals surface area contributed by atoms with Crippen LogP contribution < -0.4 is 4.90 Å².